The summed E-state index contributed by atoms with van der Waals surface area (Å²) in [6.45, 7) is 7.81. The lowest BCUT2D eigenvalue weighted by Gasteiger charge is -2.36. The van der Waals surface area contributed by atoms with E-state index >= 15 is 0 Å². The van der Waals surface area contributed by atoms with Crippen molar-refractivity contribution in [1.29, 1.82) is 5.26 Å². The number of amides is 1. The van der Waals surface area contributed by atoms with E-state index in [-0.39, 0.29) is 17.9 Å². The van der Waals surface area contributed by atoms with Gasteiger partial charge in [-0.05, 0) is 45.8 Å². The Labute approximate surface area is 184 Å². The number of hydrogen-bond donors (Lipinski definition) is 3. The van der Waals surface area contributed by atoms with Crippen molar-refractivity contribution in [2.24, 2.45) is 5.92 Å². The number of nitrogens with one attached hydrogen (secondary N) is 2. The molecule has 3 rings (SSSR count). The van der Waals surface area contributed by atoms with Crippen molar-refractivity contribution in [2.45, 2.75) is 51.7 Å². The highest BCUT2D eigenvalue weighted by Crippen LogP contribution is 2.37. The topological polar surface area (TPSA) is 107 Å². The molecule has 8 heteroatoms. The van der Waals surface area contributed by atoms with Crippen molar-refractivity contribution in [3.63, 3.8) is 0 Å². The second-order valence-corrected chi connectivity index (χ2v) is 8.59. The molecule has 8 nitrogen and oxygen atoms in total. The Balaban J connectivity index is 1.63. The van der Waals surface area contributed by atoms with Crippen LogP contribution in [-0.4, -0.2) is 67.5 Å². The number of unbranched alkanes of at least 4 members (excludes halogenated alkanes) is 1. The van der Waals surface area contributed by atoms with Gasteiger partial charge in [0.15, 0.2) is 11.5 Å². The van der Waals surface area contributed by atoms with Gasteiger partial charge in [-0.15, -0.1) is 0 Å². The van der Waals surface area contributed by atoms with E-state index in [2.05, 4.69) is 21.6 Å². The van der Waals surface area contributed by atoms with Gasteiger partial charge in [0.2, 0.25) is 0 Å². The van der Waals surface area contributed by atoms with Crippen LogP contribution in [0.3, 0.4) is 0 Å². The number of likely N-dealkylation sites (tertiary alicyclic amines) is 1. The first-order valence-electron chi connectivity index (χ1n) is 11.2. The lowest BCUT2D eigenvalue weighted by Crippen LogP contribution is -2.47. The first kappa shape index (κ1) is 23.2. The Morgan fingerprint density at radius 3 is 2.90 bits per heavy atom. The molecule has 0 aliphatic carbocycles. The van der Waals surface area contributed by atoms with Crippen LogP contribution in [0.15, 0.2) is 12.1 Å². The maximum Gasteiger partial charge on any atom is 0.255 e. The Kier molecular flexibility index (Phi) is 8.38. The molecule has 0 aromatic heterocycles. The average Bonchev–Trinajstić information content (AvgIpc) is 2.97. The summed E-state index contributed by atoms with van der Waals surface area (Å²) in [5, 5.41) is 25.5. The van der Waals surface area contributed by atoms with Crippen molar-refractivity contribution in [3.8, 4) is 17.6 Å². The van der Waals surface area contributed by atoms with E-state index in [4.69, 9.17) is 14.7 Å². The van der Waals surface area contributed by atoms with Crippen LogP contribution in [0.1, 0.15) is 49.9 Å². The maximum atomic E-state index is 13.1. The molecule has 2 aliphatic rings. The lowest BCUT2D eigenvalue weighted by molar-refractivity contribution is 0.0219. The van der Waals surface area contributed by atoms with E-state index in [0.29, 0.717) is 49.8 Å². The molecule has 2 heterocycles. The first-order valence-corrected chi connectivity index (χ1v) is 11.2. The lowest BCUT2D eigenvalue weighted by atomic mass is 9.93. The highest BCUT2D eigenvalue weighted by Gasteiger charge is 2.29. The molecule has 1 aromatic rings. The maximum absolute atomic E-state index is 13.1. The normalized spacial score (nSPS) is 21.3. The fraction of sp³-hybridized carbons (Fsp3) is 0.652. The molecule has 3 N–H and O–H groups in total. The molecule has 0 saturated carbocycles. The second-order valence-electron chi connectivity index (χ2n) is 8.59. The van der Waals surface area contributed by atoms with E-state index in [0.717, 1.165) is 38.0 Å². The Morgan fingerprint density at radius 2 is 2.16 bits per heavy atom. The minimum absolute atomic E-state index is 0.00362. The van der Waals surface area contributed by atoms with Gasteiger partial charge in [-0.3, -0.25) is 4.79 Å². The summed E-state index contributed by atoms with van der Waals surface area (Å²) in [5.41, 5.74) is 1.26. The first-order chi connectivity index (χ1) is 15.0. The molecule has 0 bridgehead atoms. The predicted octanol–water partition coefficient (Wildman–Crippen LogP) is 2.38. The van der Waals surface area contributed by atoms with Crippen molar-refractivity contribution in [2.75, 3.05) is 44.7 Å². The number of hydrogen-bond acceptors (Lipinski definition) is 7. The summed E-state index contributed by atoms with van der Waals surface area (Å²) < 4.78 is 11.7. The average molecular weight is 431 g/mol. The SMILES string of the molecule is CC(C)Nc1cc2c(c(C(=O)NC[C@@H]3CCN(CCCC#N)CC3O)c1)OCCCO2. The van der Waals surface area contributed by atoms with E-state index in [1.54, 1.807) is 6.07 Å². The molecule has 1 aromatic carbocycles. The van der Waals surface area contributed by atoms with Gasteiger partial charge in [0.1, 0.15) is 0 Å². The van der Waals surface area contributed by atoms with Crippen molar-refractivity contribution >= 4 is 11.6 Å². The second kappa shape index (κ2) is 11.2. The number of fused-ring (bicyclic) bond motifs is 1. The number of β-amino-alcohol motifs (C(OH)–C–C–N with tert-alkyl or cyclic N) is 1. The van der Waals surface area contributed by atoms with E-state index in [1.807, 2.05) is 19.9 Å². The van der Waals surface area contributed by atoms with Gasteiger partial charge >= 0.3 is 0 Å². The quantitative estimate of drug-likeness (QED) is 0.544. The van der Waals surface area contributed by atoms with Gasteiger partial charge in [0.25, 0.3) is 5.91 Å². The zero-order chi connectivity index (χ0) is 22.2. The minimum atomic E-state index is -0.498. The summed E-state index contributed by atoms with van der Waals surface area (Å²) in [4.78, 5) is 15.2. The number of nitrogens with zero attached hydrogens (tertiary/aromatic N) is 2. The summed E-state index contributed by atoms with van der Waals surface area (Å²) >= 11 is 0. The van der Waals surface area contributed by atoms with Gasteiger partial charge in [0.05, 0.1) is 31.0 Å². The number of aliphatic hydroxyl groups excluding tert-OH is 1. The number of rotatable bonds is 8. The molecule has 1 amide bonds. The molecular formula is C23H34N4O4. The monoisotopic (exact) mass is 430 g/mol. The van der Waals surface area contributed by atoms with Crippen molar-refractivity contribution < 1.29 is 19.4 Å². The number of carbonyl (C=O) groups excluding carboxylic acids is 1. The van der Waals surface area contributed by atoms with Crippen LogP contribution in [0.5, 0.6) is 11.5 Å². The highest BCUT2D eigenvalue weighted by atomic mass is 16.5. The fourth-order valence-corrected chi connectivity index (χ4v) is 4.05. The van der Waals surface area contributed by atoms with E-state index < -0.39 is 6.10 Å². The molecule has 1 saturated heterocycles. The molecule has 170 valence electrons. The molecule has 2 atom stereocenters. The highest BCUT2D eigenvalue weighted by molar-refractivity contribution is 5.99. The Bertz CT molecular complexity index is 793. The smallest absolute Gasteiger partial charge is 0.255 e. The third-order valence-electron chi connectivity index (χ3n) is 5.64. The Hall–Kier alpha value is -2.50. The molecular weight excluding hydrogens is 396 g/mol. The number of carbonyl (C=O) groups is 1. The summed E-state index contributed by atoms with van der Waals surface area (Å²) in [6, 6.07) is 6.05. The molecule has 31 heavy (non-hydrogen) atoms. The molecule has 1 unspecified atom stereocenters. The van der Waals surface area contributed by atoms with Gasteiger partial charge in [0, 0.05) is 49.6 Å². The van der Waals surface area contributed by atoms with Gasteiger partial charge in [-0.25, -0.2) is 0 Å². The van der Waals surface area contributed by atoms with Crippen LogP contribution in [0, 0.1) is 17.2 Å². The summed E-state index contributed by atoms with van der Waals surface area (Å²) in [7, 11) is 0. The standard InChI is InChI=1S/C23H34N4O4/c1-16(2)26-18-12-19(22-21(13-18)30-10-5-11-31-22)23(29)25-14-17-6-9-27(15-20(17)28)8-4-3-7-24/h12-13,16-17,20,26,28H,3-6,8-11,14-15H2,1-2H3,(H,25,29)/t17-,20?/m0/s1. The van der Waals surface area contributed by atoms with Gasteiger partial charge in [-0.1, -0.05) is 0 Å². The van der Waals surface area contributed by atoms with Crippen LogP contribution in [0.4, 0.5) is 5.69 Å². The van der Waals surface area contributed by atoms with Crippen molar-refractivity contribution in [1.82, 2.24) is 10.2 Å². The number of ether oxygens (including phenoxy) is 2. The van der Waals surface area contributed by atoms with Crippen LogP contribution in [-0.2, 0) is 0 Å². The fourth-order valence-electron chi connectivity index (χ4n) is 4.05. The number of anilines is 1. The molecule has 1 fully saturated rings. The van der Waals surface area contributed by atoms with Crippen LogP contribution in [0.25, 0.3) is 0 Å². The minimum Gasteiger partial charge on any atom is -0.489 e. The summed E-state index contributed by atoms with van der Waals surface area (Å²) in [5.74, 6) is 0.845. The van der Waals surface area contributed by atoms with E-state index in [1.165, 1.54) is 0 Å². The van der Waals surface area contributed by atoms with E-state index in [9.17, 15) is 9.90 Å². The third-order valence-corrected chi connectivity index (χ3v) is 5.64. The third kappa shape index (κ3) is 6.49. The number of aliphatic hydroxyl groups is 1. The Morgan fingerprint density at radius 1 is 1.35 bits per heavy atom. The van der Waals surface area contributed by atoms with Crippen LogP contribution >= 0.6 is 0 Å². The van der Waals surface area contributed by atoms with Crippen molar-refractivity contribution in [3.05, 3.63) is 17.7 Å². The number of piperidine rings is 1. The molecule has 0 spiro atoms. The summed E-state index contributed by atoms with van der Waals surface area (Å²) in [6.07, 6.45) is 2.43. The molecule has 0 radical (unpaired) electrons. The van der Waals surface area contributed by atoms with Gasteiger partial charge < -0.3 is 30.1 Å². The molecule has 2 aliphatic heterocycles. The predicted molar refractivity (Wildman–Crippen MR) is 119 cm³/mol. The van der Waals surface area contributed by atoms with Crippen LogP contribution in [0.2, 0.25) is 0 Å². The zero-order valence-corrected chi connectivity index (χ0v) is 18.5. The number of nitriles is 1. The number of benzene rings is 1. The van der Waals surface area contributed by atoms with Crippen LogP contribution < -0.4 is 20.1 Å². The van der Waals surface area contributed by atoms with Gasteiger partial charge in [-0.2, -0.15) is 5.26 Å². The largest absolute Gasteiger partial charge is 0.489 e. The zero-order valence-electron chi connectivity index (χ0n) is 18.5.